The third-order valence-corrected chi connectivity index (χ3v) is 3.18. The van der Waals surface area contributed by atoms with Gasteiger partial charge in [0.1, 0.15) is 10.8 Å². The minimum absolute atomic E-state index is 0.0519. The van der Waals surface area contributed by atoms with Crippen LogP contribution in [0.1, 0.15) is 15.9 Å². The number of nitrogens with two attached hydrogens (primary N) is 1. The smallest absolute Gasteiger partial charge is 0.256 e. The molecule has 0 radical (unpaired) electrons. The van der Waals surface area contributed by atoms with Gasteiger partial charge < -0.3 is 11.1 Å². The molecule has 3 N–H and O–H groups in total. The fourth-order valence-electron chi connectivity index (χ4n) is 1.47. The van der Waals surface area contributed by atoms with Gasteiger partial charge in [-0.2, -0.15) is 11.3 Å². The molecule has 1 heterocycles. The van der Waals surface area contributed by atoms with Gasteiger partial charge in [0.2, 0.25) is 0 Å². The number of amides is 1. The highest BCUT2D eigenvalue weighted by Gasteiger charge is 2.14. The van der Waals surface area contributed by atoms with Crippen LogP contribution in [0.25, 0.3) is 0 Å². The van der Waals surface area contributed by atoms with Gasteiger partial charge in [-0.15, -0.1) is 0 Å². The van der Waals surface area contributed by atoms with Crippen LogP contribution in [0, 0.1) is 5.82 Å². The fourth-order valence-corrected chi connectivity index (χ4v) is 2.31. The summed E-state index contributed by atoms with van der Waals surface area (Å²) in [5.41, 5.74) is 6.29. The van der Waals surface area contributed by atoms with Crippen molar-refractivity contribution in [3.05, 3.63) is 52.0 Å². The van der Waals surface area contributed by atoms with Crippen molar-refractivity contribution in [3.63, 3.8) is 0 Å². The van der Waals surface area contributed by atoms with E-state index < -0.39 is 5.82 Å². The second-order valence-electron chi connectivity index (χ2n) is 3.49. The van der Waals surface area contributed by atoms with Crippen molar-refractivity contribution in [2.45, 2.75) is 0 Å². The van der Waals surface area contributed by atoms with Crippen LogP contribution >= 0.6 is 23.6 Å². The molecule has 2 rings (SSSR count). The van der Waals surface area contributed by atoms with E-state index >= 15 is 0 Å². The molecule has 2 aromatic rings. The number of anilines is 1. The molecule has 1 amide bonds. The first-order valence-electron chi connectivity index (χ1n) is 5.01. The Morgan fingerprint density at radius 1 is 1.39 bits per heavy atom. The SMILES string of the molecule is NC(=S)c1c(F)cccc1NC(=O)c1ccsc1. The number of carbonyl (C=O) groups is 1. The van der Waals surface area contributed by atoms with Gasteiger partial charge in [-0.3, -0.25) is 4.79 Å². The number of thiophene rings is 1. The van der Waals surface area contributed by atoms with Crippen LogP contribution in [0.4, 0.5) is 10.1 Å². The topological polar surface area (TPSA) is 55.1 Å². The summed E-state index contributed by atoms with van der Waals surface area (Å²) in [7, 11) is 0. The van der Waals surface area contributed by atoms with Crippen molar-refractivity contribution in [2.75, 3.05) is 5.32 Å². The Kier molecular flexibility index (Phi) is 3.69. The second kappa shape index (κ2) is 5.24. The highest BCUT2D eigenvalue weighted by Crippen LogP contribution is 2.20. The Bertz CT molecular complexity index is 596. The van der Waals surface area contributed by atoms with Crippen LogP contribution in [0.15, 0.2) is 35.0 Å². The molecule has 1 aromatic heterocycles. The molecule has 0 fully saturated rings. The monoisotopic (exact) mass is 280 g/mol. The molecule has 0 atom stereocenters. The van der Waals surface area contributed by atoms with Crippen LogP contribution < -0.4 is 11.1 Å². The quantitative estimate of drug-likeness (QED) is 0.850. The molecule has 0 aliphatic carbocycles. The van der Waals surface area contributed by atoms with Crippen molar-refractivity contribution >= 4 is 40.1 Å². The number of benzene rings is 1. The molecule has 18 heavy (non-hydrogen) atoms. The van der Waals surface area contributed by atoms with Gasteiger partial charge >= 0.3 is 0 Å². The molecule has 1 aromatic carbocycles. The Morgan fingerprint density at radius 2 is 2.17 bits per heavy atom. The van der Waals surface area contributed by atoms with E-state index in [9.17, 15) is 9.18 Å². The average molecular weight is 280 g/mol. The normalized spacial score (nSPS) is 10.1. The maximum atomic E-state index is 13.6. The van der Waals surface area contributed by atoms with E-state index in [2.05, 4.69) is 5.32 Å². The Hall–Kier alpha value is -1.79. The van der Waals surface area contributed by atoms with E-state index in [1.807, 2.05) is 0 Å². The van der Waals surface area contributed by atoms with Crippen molar-refractivity contribution in [3.8, 4) is 0 Å². The first-order chi connectivity index (χ1) is 8.59. The summed E-state index contributed by atoms with van der Waals surface area (Å²) in [4.78, 5) is 11.8. The van der Waals surface area contributed by atoms with Gasteiger partial charge in [0.25, 0.3) is 5.91 Å². The summed E-state index contributed by atoms with van der Waals surface area (Å²) in [6.07, 6.45) is 0. The predicted octanol–water partition coefficient (Wildman–Crippen LogP) is 2.77. The lowest BCUT2D eigenvalue weighted by Crippen LogP contribution is -2.18. The van der Waals surface area contributed by atoms with E-state index in [1.165, 1.54) is 23.5 Å². The van der Waals surface area contributed by atoms with Crippen LogP contribution in [0.2, 0.25) is 0 Å². The summed E-state index contributed by atoms with van der Waals surface area (Å²) in [5.74, 6) is -0.870. The second-order valence-corrected chi connectivity index (χ2v) is 4.71. The fraction of sp³-hybridized carbons (Fsp3) is 0. The molecule has 92 valence electrons. The van der Waals surface area contributed by atoms with Crippen LogP contribution in [-0.4, -0.2) is 10.9 Å². The number of carbonyl (C=O) groups excluding carboxylic acids is 1. The molecule has 6 heteroatoms. The molecule has 0 bridgehead atoms. The maximum absolute atomic E-state index is 13.6. The maximum Gasteiger partial charge on any atom is 0.256 e. The van der Waals surface area contributed by atoms with Gasteiger partial charge in [0, 0.05) is 5.38 Å². The minimum atomic E-state index is -0.550. The highest BCUT2D eigenvalue weighted by atomic mass is 32.1. The lowest BCUT2D eigenvalue weighted by atomic mass is 10.1. The zero-order chi connectivity index (χ0) is 13.1. The molecular weight excluding hydrogens is 271 g/mol. The Morgan fingerprint density at radius 3 is 2.78 bits per heavy atom. The first kappa shape index (κ1) is 12.7. The van der Waals surface area contributed by atoms with E-state index in [0.29, 0.717) is 5.56 Å². The zero-order valence-electron chi connectivity index (χ0n) is 9.14. The average Bonchev–Trinajstić information content (AvgIpc) is 2.81. The highest BCUT2D eigenvalue weighted by molar-refractivity contribution is 7.80. The predicted molar refractivity (Wildman–Crippen MR) is 74.6 cm³/mol. The molecule has 0 unspecified atom stereocenters. The van der Waals surface area contributed by atoms with Crippen LogP contribution in [-0.2, 0) is 0 Å². The number of rotatable bonds is 3. The number of halogens is 1. The molecule has 3 nitrogen and oxygen atoms in total. The van der Waals surface area contributed by atoms with Gasteiger partial charge in [0.15, 0.2) is 0 Å². The first-order valence-corrected chi connectivity index (χ1v) is 6.36. The summed E-state index contributed by atoms with van der Waals surface area (Å²) in [5, 5.41) is 6.09. The van der Waals surface area contributed by atoms with Gasteiger partial charge in [-0.25, -0.2) is 4.39 Å². The van der Waals surface area contributed by atoms with Crippen molar-refractivity contribution in [1.82, 2.24) is 0 Å². The lowest BCUT2D eigenvalue weighted by Gasteiger charge is -2.10. The minimum Gasteiger partial charge on any atom is -0.389 e. The third-order valence-electron chi connectivity index (χ3n) is 2.29. The molecular formula is C12H9FN2OS2. The molecule has 0 aliphatic rings. The Balaban J connectivity index is 2.32. The molecule has 0 saturated carbocycles. The Labute approximate surface area is 112 Å². The molecule has 0 aliphatic heterocycles. The number of nitrogens with one attached hydrogen (secondary N) is 1. The van der Waals surface area contributed by atoms with E-state index in [4.69, 9.17) is 18.0 Å². The summed E-state index contributed by atoms with van der Waals surface area (Å²) in [6.45, 7) is 0. The number of hydrogen-bond donors (Lipinski definition) is 2. The summed E-state index contributed by atoms with van der Waals surface area (Å²) < 4.78 is 13.6. The standard InChI is InChI=1S/C12H9FN2OS2/c13-8-2-1-3-9(10(8)11(14)17)15-12(16)7-4-5-18-6-7/h1-6H,(H2,14,17)(H,15,16). The van der Waals surface area contributed by atoms with Gasteiger partial charge in [0.05, 0.1) is 16.8 Å². The number of thiocarbonyl (C=S) groups is 1. The van der Waals surface area contributed by atoms with E-state index in [1.54, 1.807) is 22.9 Å². The van der Waals surface area contributed by atoms with Gasteiger partial charge in [-0.1, -0.05) is 18.3 Å². The van der Waals surface area contributed by atoms with Crippen LogP contribution in [0.5, 0.6) is 0 Å². The molecule has 0 saturated heterocycles. The summed E-state index contributed by atoms with van der Waals surface area (Å²) in [6, 6.07) is 5.97. The van der Waals surface area contributed by atoms with Crippen molar-refractivity contribution in [2.24, 2.45) is 5.73 Å². The number of hydrogen-bond acceptors (Lipinski definition) is 3. The van der Waals surface area contributed by atoms with Crippen LogP contribution in [0.3, 0.4) is 0 Å². The summed E-state index contributed by atoms with van der Waals surface area (Å²) >= 11 is 6.19. The van der Waals surface area contributed by atoms with Crippen molar-refractivity contribution < 1.29 is 9.18 Å². The van der Waals surface area contributed by atoms with E-state index in [-0.39, 0.29) is 22.1 Å². The van der Waals surface area contributed by atoms with E-state index in [0.717, 1.165) is 0 Å². The zero-order valence-corrected chi connectivity index (χ0v) is 10.8. The lowest BCUT2D eigenvalue weighted by molar-refractivity contribution is 0.102. The largest absolute Gasteiger partial charge is 0.389 e. The van der Waals surface area contributed by atoms with Crippen molar-refractivity contribution in [1.29, 1.82) is 0 Å². The molecule has 0 spiro atoms. The van der Waals surface area contributed by atoms with Gasteiger partial charge in [-0.05, 0) is 23.6 Å². The third kappa shape index (κ3) is 2.55.